The van der Waals surface area contributed by atoms with E-state index in [0.29, 0.717) is 6.04 Å². The molecule has 3 aromatic rings. The van der Waals surface area contributed by atoms with Crippen LogP contribution in [0.25, 0.3) is 11.4 Å². The fourth-order valence-electron chi connectivity index (χ4n) is 3.40. The topological polar surface area (TPSA) is 34.0 Å². The maximum absolute atomic E-state index is 4.54. The third kappa shape index (κ3) is 3.39. The summed E-state index contributed by atoms with van der Waals surface area (Å²) in [4.78, 5) is 11.5. The van der Waals surface area contributed by atoms with E-state index in [-0.39, 0.29) is 0 Å². The number of hydrogen-bond acceptors (Lipinski definition) is 3. The highest BCUT2D eigenvalue weighted by Gasteiger charge is 2.21. The Hall–Kier alpha value is -2.46. The molecule has 4 rings (SSSR count). The first-order chi connectivity index (χ1) is 11.9. The van der Waals surface area contributed by atoms with E-state index in [1.807, 2.05) is 30.7 Å². The number of rotatable bonds is 4. The molecule has 122 valence electrons. The maximum atomic E-state index is 4.54. The van der Waals surface area contributed by atoms with Gasteiger partial charge >= 0.3 is 0 Å². The normalized spacial score (nSPS) is 16.3. The number of imidazole rings is 1. The van der Waals surface area contributed by atoms with E-state index in [2.05, 4.69) is 56.0 Å². The van der Waals surface area contributed by atoms with Crippen molar-refractivity contribution in [1.29, 1.82) is 0 Å². The minimum atomic E-state index is 0.544. The molecule has 0 bridgehead atoms. The second-order valence-electron chi connectivity index (χ2n) is 6.41. The Labute approximate surface area is 142 Å². The molecular weight excluding hydrogens is 296 g/mol. The van der Waals surface area contributed by atoms with Gasteiger partial charge in [-0.05, 0) is 30.5 Å². The third-order valence-electron chi connectivity index (χ3n) is 4.76. The van der Waals surface area contributed by atoms with Gasteiger partial charge in [0.05, 0.1) is 12.0 Å². The van der Waals surface area contributed by atoms with E-state index < -0.39 is 0 Å². The number of nitrogens with zero attached hydrogens (tertiary/aromatic N) is 4. The quantitative estimate of drug-likeness (QED) is 0.734. The highest BCUT2D eigenvalue weighted by Crippen LogP contribution is 2.25. The van der Waals surface area contributed by atoms with Crippen molar-refractivity contribution in [2.24, 2.45) is 0 Å². The van der Waals surface area contributed by atoms with Crippen molar-refractivity contribution in [1.82, 2.24) is 19.4 Å². The maximum Gasteiger partial charge on any atom is 0.107 e. The van der Waals surface area contributed by atoms with Gasteiger partial charge in [-0.25, -0.2) is 4.98 Å². The largest absolute Gasteiger partial charge is 0.334 e. The van der Waals surface area contributed by atoms with Crippen LogP contribution in [0.15, 0.2) is 67.3 Å². The summed E-state index contributed by atoms with van der Waals surface area (Å²) in [5, 5.41) is 0. The van der Waals surface area contributed by atoms with Gasteiger partial charge in [-0.15, -0.1) is 0 Å². The molecule has 0 N–H and O–H groups in total. The Morgan fingerprint density at radius 1 is 0.875 bits per heavy atom. The van der Waals surface area contributed by atoms with Crippen LogP contribution in [0.4, 0.5) is 0 Å². The lowest BCUT2D eigenvalue weighted by molar-refractivity contribution is 0.179. The van der Waals surface area contributed by atoms with Gasteiger partial charge < -0.3 is 4.57 Å². The van der Waals surface area contributed by atoms with Gasteiger partial charge in [0, 0.05) is 38.1 Å². The molecule has 0 saturated carbocycles. The van der Waals surface area contributed by atoms with E-state index in [1.165, 1.54) is 18.4 Å². The molecule has 0 radical (unpaired) electrons. The van der Waals surface area contributed by atoms with Crippen LogP contribution in [-0.2, 0) is 6.54 Å². The summed E-state index contributed by atoms with van der Waals surface area (Å²) in [6.45, 7) is 3.32. The summed E-state index contributed by atoms with van der Waals surface area (Å²) < 4.78 is 2.27. The fraction of sp³-hybridized carbons (Fsp3) is 0.300. The Kier molecular flexibility index (Phi) is 4.38. The number of benzene rings is 1. The van der Waals surface area contributed by atoms with E-state index >= 15 is 0 Å². The second-order valence-corrected chi connectivity index (χ2v) is 6.41. The number of pyridine rings is 1. The average molecular weight is 318 g/mol. The van der Waals surface area contributed by atoms with Crippen LogP contribution >= 0.6 is 0 Å². The van der Waals surface area contributed by atoms with Gasteiger partial charge in [-0.2, -0.15) is 0 Å². The number of piperidine rings is 1. The Morgan fingerprint density at radius 3 is 2.42 bits per heavy atom. The van der Waals surface area contributed by atoms with Gasteiger partial charge in [-0.3, -0.25) is 9.88 Å². The number of hydrogen-bond donors (Lipinski definition) is 0. The van der Waals surface area contributed by atoms with Crippen molar-refractivity contribution in [3.8, 4) is 11.4 Å². The molecule has 3 heterocycles. The summed E-state index contributed by atoms with van der Waals surface area (Å²) in [6.07, 6.45) is 8.26. The van der Waals surface area contributed by atoms with Crippen molar-refractivity contribution in [2.45, 2.75) is 25.4 Å². The third-order valence-corrected chi connectivity index (χ3v) is 4.76. The highest BCUT2D eigenvalue weighted by atomic mass is 15.2. The second kappa shape index (κ2) is 6.97. The van der Waals surface area contributed by atoms with E-state index in [0.717, 1.165) is 31.0 Å². The Bertz CT molecular complexity index is 759. The molecule has 0 unspecified atom stereocenters. The SMILES string of the molecule is c1ccc(CN2CCC(n3cnc(-c4ccccn4)c3)CC2)cc1. The Balaban J connectivity index is 1.37. The van der Waals surface area contributed by atoms with Crippen molar-refractivity contribution in [3.63, 3.8) is 0 Å². The molecule has 1 aliphatic rings. The van der Waals surface area contributed by atoms with Gasteiger partial charge in [0.1, 0.15) is 5.69 Å². The molecule has 4 nitrogen and oxygen atoms in total. The molecule has 2 aromatic heterocycles. The highest BCUT2D eigenvalue weighted by molar-refractivity contribution is 5.52. The zero-order chi connectivity index (χ0) is 16.2. The summed E-state index contributed by atoms with van der Waals surface area (Å²) in [6, 6.07) is 17.2. The molecule has 1 aliphatic heterocycles. The summed E-state index contributed by atoms with van der Waals surface area (Å²) in [5.74, 6) is 0. The van der Waals surface area contributed by atoms with Gasteiger partial charge in [0.2, 0.25) is 0 Å². The Morgan fingerprint density at radius 2 is 1.67 bits per heavy atom. The number of likely N-dealkylation sites (tertiary alicyclic amines) is 1. The summed E-state index contributed by atoms with van der Waals surface area (Å²) in [5.41, 5.74) is 3.30. The van der Waals surface area contributed by atoms with Crippen molar-refractivity contribution < 1.29 is 0 Å². The van der Waals surface area contributed by atoms with Gasteiger partial charge in [0.15, 0.2) is 0 Å². The van der Waals surface area contributed by atoms with Gasteiger partial charge in [0.25, 0.3) is 0 Å². The van der Waals surface area contributed by atoms with Gasteiger partial charge in [-0.1, -0.05) is 36.4 Å². The first kappa shape index (κ1) is 15.1. The lowest BCUT2D eigenvalue weighted by Crippen LogP contribution is -2.33. The average Bonchev–Trinajstić information content (AvgIpc) is 3.14. The smallest absolute Gasteiger partial charge is 0.107 e. The molecule has 0 atom stereocenters. The predicted octanol–water partition coefficient (Wildman–Crippen LogP) is 3.78. The van der Waals surface area contributed by atoms with E-state index in [4.69, 9.17) is 0 Å². The number of aromatic nitrogens is 3. The molecule has 24 heavy (non-hydrogen) atoms. The first-order valence-electron chi connectivity index (χ1n) is 8.59. The molecule has 0 aliphatic carbocycles. The minimum absolute atomic E-state index is 0.544. The monoisotopic (exact) mass is 318 g/mol. The summed E-state index contributed by atoms with van der Waals surface area (Å²) in [7, 11) is 0. The lowest BCUT2D eigenvalue weighted by atomic mass is 10.0. The molecule has 1 fully saturated rings. The molecule has 0 amide bonds. The fourth-order valence-corrected chi connectivity index (χ4v) is 3.40. The summed E-state index contributed by atoms with van der Waals surface area (Å²) >= 11 is 0. The van der Waals surface area contributed by atoms with Crippen molar-refractivity contribution in [3.05, 3.63) is 72.8 Å². The predicted molar refractivity (Wildman–Crippen MR) is 95.4 cm³/mol. The zero-order valence-corrected chi connectivity index (χ0v) is 13.8. The van der Waals surface area contributed by atoms with Crippen molar-refractivity contribution in [2.75, 3.05) is 13.1 Å². The lowest BCUT2D eigenvalue weighted by Gasteiger charge is -2.32. The molecule has 1 aromatic carbocycles. The van der Waals surface area contributed by atoms with E-state index in [1.54, 1.807) is 0 Å². The first-order valence-corrected chi connectivity index (χ1v) is 8.59. The van der Waals surface area contributed by atoms with Crippen LogP contribution in [0.5, 0.6) is 0 Å². The van der Waals surface area contributed by atoms with Crippen LogP contribution in [0.2, 0.25) is 0 Å². The molecule has 4 heteroatoms. The molecule has 1 saturated heterocycles. The zero-order valence-electron chi connectivity index (χ0n) is 13.8. The van der Waals surface area contributed by atoms with Crippen LogP contribution in [0.1, 0.15) is 24.4 Å². The van der Waals surface area contributed by atoms with Crippen LogP contribution in [0, 0.1) is 0 Å². The van der Waals surface area contributed by atoms with Crippen LogP contribution in [-0.4, -0.2) is 32.5 Å². The van der Waals surface area contributed by atoms with Crippen LogP contribution < -0.4 is 0 Å². The standard InChI is InChI=1S/C20H22N4/c1-2-6-17(7-3-1)14-23-12-9-18(10-13-23)24-15-20(22-16-24)19-8-4-5-11-21-19/h1-8,11,15-16,18H,9-10,12-14H2. The molecule has 0 spiro atoms. The van der Waals surface area contributed by atoms with Crippen molar-refractivity contribution >= 4 is 0 Å². The van der Waals surface area contributed by atoms with Crippen LogP contribution in [0.3, 0.4) is 0 Å². The molecular formula is C20H22N4. The minimum Gasteiger partial charge on any atom is -0.334 e. The van der Waals surface area contributed by atoms with E-state index in [9.17, 15) is 0 Å².